The molecular formula is C21H23N3O2. The van der Waals surface area contributed by atoms with Gasteiger partial charge in [-0.25, -0.2) is 0 Å². The minimum absolute atomic E-state index is 0.122. The summed E-state index contributed by atoms with van der Waals surface area (Å²) in [5.41, 5.74) is 3.85. The molecule has 0 saturated carbocycles. The van der Waals surface area contributed by atoms with Gasteiger partial charge in [0.25, 0.3) is 5.91 Å². The zero-order valence-corrected chi connectivity index (χ0v) is 15.3. The fourth-order valence-electron chi connectivity index (χ4n) is 3.02. The van der Waals surface area contributed by atoms with Gasteiger partial charge in [0.05, 0.1) is 5.52 Å². The van der Waals surface area contributed by atoms with Crippen molar-refractivity contribution >= 4 is 28.2 Å². The van der Waals surface area contributed by atoms with Crippen molar-refractivity contribution in [3.8, 4) is 0 Å². The number of amides is 1. The number of H-pyrrole nitrogens is 1. The third kappa shape index (κ3) is 3.77. The Morgan fingerprint density at radius 1 is 1.12 bits per heavy atom. The molecule has 1 heterocycles. The van der Waals surface area contributed by atoms with Crippen LogP contribution in [0.15, 0.2) is 53.3 Å². The van der Waals surface area contributed by atoms with Crippen molar-refractivity contribution in [1.82, 2.24) is 4.98 Å². The number of hydrogen-bond acceptors (Lipinski definition) is 3. The van der Waals surface area contributed by atoms with Crippen molar-refractivity contribution in [2.45, 2.75) is 19.8 Å². The highest BCUT2D eigenvalue weighted by Crippen LogP contribution is 2.22. The summed E-state index contributed by atoms with van der Waals surface area (Å²) in [5, 5.41) is 3.92. The fraction of sp³-hybridized carbons (Fsp3) is 0.238. The summed E-state index contributed by atoms with van der Waals surface area (Å²) in [5.74, 6) is -0.180. The molecule has 0 unspecified atom stereocenters. The SMILES string of the molecule is CCCc1cc(=O)[nH]c2cc(NC(=O)c3cccc(N(C)C)c3)ccc12. The Labute approximate surface area is 152 Å². The molecule has 0 radical (unpaired) electrons. The van der Waals surface area contributed by atoms with Gasteiger partial charge in [0.1, 0.15) is 0 Å². The van der Waals surface area contributed by atoms with E-state index in [9.17, 15) is 9.59 Å². The van der Waals surface area contributed by atoms with Crippen molar-refractivity contribution in [3.05, 3.63) is 70.0 Å². The number of pyridine rings is 1. The number of aromatic amines is 1. The summed E-state index contributed by atoms with van der Waals surface area (Å²) >= 11 is 0. The first-order valence-electron chi connectivity index (χ1n) is 8.72. The van der Waals surface area contributed by atoms with Crippen LogP contribution in [0, 0.1) is 0 Å². The number of carbonyl (C=O) groups is 1. The maximum Gasteiger partial charge on any atom is 0.255 e. The first-order chi connectivity index (χ1) is 12.5. The highest BCUT2D eigenvalue weighted by Gasteiger charge is 2.09. The Morgan fingerprint density at radius 2 is 1.92 bits per heavy atom. The van der Waals surface area contributed by atoms with Crippen LogP contribution < -0.4 is 15.8 Å². The molecule has 3 rings (SSSR count). The van der Waals surface area contributed by atoms with Gasteiger partial charge in [-0.15, -0.1) is 0 Å². The molecule has 134 valence electrons. The van der Waals surface area contributed by atoms with Crippen LogP contribution in [0.1, 0.15) is 29.3 Å². The lowest BCUT2D eigenvalue weighted by molar-refractivity contribution is 0.102. The van der Waals surface area contributed by atoms with Crippen molar-refractivity contribution in [3.63, 3.8) is 0 Å². The maximum atomic E-state index is 12.6. The Morgan fingerprint density at radius 3 is 2.65 bits per heavy atom. The highest BCUT2D eigenvalue weighted by atomic mass is 16.1. The lowest BCUT2D eigenvalue weighted by Gasteiger charge is -2.14. The molecular weight excluding hydrogens is 326 g/mol. The van der Waals surface area contributed by atoms with E-state index in [1.165, 1.54) is 0 Å². The molecule has 5 heteroatoms. The highest BCUT2D eigenvalue weighted by molar-refractivity contribution is 6.05. The van der Waals surface area contributed by atoms with E-state index in [2.05, 4.69) is 17.2 Å². The summed E-state index contributed by atoms with van der Waals surface area (Å²) < 4.78 is 0. The topological polar surface area (TPSA) is 65.2 Å². The molecule has 0 atom stereocenters. The average molecular weight is 349 g/mol. The normalized spacial score (nSPS) is 10.7. The monoisotopic (exact) mass is 349 g/mol. The minimum Gasteiger partial charge on any atom is -0.378 e. The van der Waals surface area contributed by atoms with Gasteiger partial charge in [0.15, 0.2) is 0 Å². The summed E-state index contributed by atoms with van der Waals surface area (Å²) in [6.07, 6.45) is 1.82. The molecule has 0 bridgehead atoms. The number of benzene rings is 2. The lowest BCUT2D eigenvalue weighted by atomic mass is 10.0. The molecule has 0 saturated heterocycles. The molecule has 5 nitrogen and oxygen atoms in total. The largest absolute Gasteiger partial charge is 0.378 e. The van der Waals surface area contributed by atoms with Gasteiger partial charge in [0.2, 0.25) is 5.56 Å². The maximum absolute atomic E-state index is 12.6. The van der Waals surface area contributed by atoms with Gasteiger partial charge in [-0.2, -0.15) is 0 Å². The molecule has 0 aliphatic heterocycles. The van der Waals surface area contributed by atoms with E-state index in [0.29, 0.717) is 11.3 Å². The minimum atomic E-state index is -0.180. The van der Waals surface area contributed by atoms with E-state index in [1.807, 2.05) is 55.4 Å². The summed E-state index contributed by atoms with van der Waals surface area (Å²) in [6, 6.07) is 14.7. The van der Waals surface area contributed by atoms with Crippen LogP contribution in [0.5, 0.6) is 0 Å². The molecule has 1 amide bonds. The van der Waals surface area contributed by atoms with Crippen molar-refractivity contribution in [1.29, 1.82) is 0 Å². The second-order valence-electron chi connectivity index (χ2n) is 6.57. The number of anilines is 2. The smallest absolute Gasteiger partial charge is 0.255 e. The molecule has 0 aliphatic carbocycles. The summed E-state index contributed by atoms with van der Waals surface area (Å²) in [6.45, 7) is 2.09. The standard InChI is InChI=1S/C21H23N3O2/c1-4-6-14-12-20(25)23-19-13-16(9-10-18(14)19)22-21(26)15-7-5-8-17(11-15)24(2)3/h5,7-13H,4,6H2,1-3H3,(H,22,26)(H,23,25). The second kappa shape index (κ2) is 7.44. The Kier molecular flexibility index (Phi) is 5.07. The van der Waals surface area contributed by atoms with Crippen molar-refractivity contribution in [2.24, 2.45) is 0 Å². The van der Waals surface area contributed by atoms with Crippen molar-refractivity contribution < 1.29 is 4.79 Å². The fourth-order valence-corrected chi connectivity index (χ4v) is 3.02. The molecule has 26 heavy (non-hydrogen) atoms. The van der Waals surface area contributed by atoms with E-state index in [0.717, 1.165) is 35.0 Å². The average Bonchev–Trinajstić information content (AvgIpc) is 2.61. The predicted octanol–water partition coefficient (Wildman–Crippen LogP) is 3.80. The Hall–Kier alpha value is -3.08. The number of hydrogen-bond donors (Lipinski definition) is 2. The van der Waals surface area contributed by atoms with Crippen LogP contribution in [0.3, 0.4) is 0 Å². The molecule has 2 aromatic carbocycles. The van der Waals surface area contributed by atoms with Gasteiger partial charge in [-0.1, -0.05) is 25.5 Å². The van der Waals surface area contributed by atoms with Gasteiger partial charge in [0, 0.05) is 42.5 Å². The summed E-state index contributed by atoms with van der Waals surface area (Å²) in [4.78, 5) is 29.3. The van der Waals surface area contributed by atoms with Gasteiger partial charge in [-0.05, 0) is 42.3 Å². The van der Waals surface area contributed by atoms with Crippen LogP contribution >= 0.6 is 0 Å². The predicted molar refractivity (Wildman–Crippen MR) is 107 cm³/mol. The first kappa shape index (κ1) is 17.7. The third-order valence-electron chi connectivity index (χ3n) is 4.33. The zero-order valence-electron chi connectivity index (χ0n) is 15.3. The van der Waals surface area contributed by atoms with Crippen LogP contribution in [0.25, 0.3) is 10.9 Å². The van der Waals surface area contributed by atoms with Gasteiger partial charge >= 0.3 is 0 Å². The number of nitrogens with one attached hydrogen (secondary N) is 2. The van der Waals surface area contributed by atoms with Crippen LogP contribution in [-0.2, 0) is 6.42 Å². The van der Waals surface area contributed by atoms with Crippen LogP contribution in [-0.4, -0.2) is 25.0 Å². The number of carbonyl (C=O) groups excluding carboxylic acids is 1. The van der Waals surface area contributed by atoms with Gasteiger partial charge in [-0.3, -0.25) is 9.59 Å². The molecule has 2 N–H and O–H groups in total. The van der Waals surface area contributed by atoms with E-state index < -0.39 is 0 Å². The number of fused-ring (bicyclic) bond motifs is 1. The third-order valence-corrected chi connectivity index (χ3v) is 4.33. The molecule has 0 aliphatic rings. The Bertz CT molecular complexity index is 1010. The quantitative estimate of drug-likeness (QED) is 0.736. The zero-order chi connectivity index (χ0) is 18.7. The number of aryl methyl sites for hydroxylation is 1. The Balaban J connectivity index is 1.90. The number of rotatable bonds is 5. The molecule has 0 spiro atoms. The lowest BCUT2D eigenvalue weighted by Crippen LogP contribution is -2.14. The van der Waals surface area contributed by atoms with E-state index in [1.54, 1.807) is 12.1 Å². The second-order valence-corrected chi connectivity index (χ2v) is 6.57. The number of aromatic nitrogens is 1. The molecule has 1 aromatic heterocycles. The van der Waals surface area contributed by atoms with E-state index in [-0.39, 0.29) is 11.5 Å². The number of nitrogens with zero attached hydrogens (tertiary/aromatic N) is 1. The van der Waals surface area contributed by atoms with Crippen molar-refractivity contribution in [2.75, 3.05) is 24.3 Å². The van der Waals surface area contributed by atoms with E-state index >= 15 is 0 Å². The molecule has 0 fully saturated rings. The first-order valence-corrected chi connectivity index (χ1v) is 8.72. The van der Waals surface area contributed by atoms with Crippen LogP contribution in [0.4, 0.5) is 11.4 Å². The van der Waals surface area contributed by atoms with Crippen LogP contribution in [0.2, 0.25) is 0 Å². The molecule has 3 aromatic rings. The summed E-state index contributed by atoms with van der Waals surface area (Å²) in [7, 11) is 3.87. The van der Waals surface area contributed by atoms with E-state index in [4.69, 9.17) is 0 Å². The van der Waals surface area contributed by atoms with Gasteiger partial charge < -0.3 is 15.2 Å².